The van der Waals surface area contributed by atoms with Crippen molar-refractivity contribution in [2.24, 2.45) is 5.73 Å². The van der Waals surface area contributed by atoms with Gasteiger partial charge < -0.3 is 20.1 Å². The Morgan fingerprint density at radius 1 is 1.39 bits per heavy atom. The van der Waals surface area contributed by atoms with Crippen LogP contribution in [0, 0.1) is 0 Å². The molecule has 1 fully saturated rings. The summed E-state index contributed by atoms with van der Waals surface area (Å²) in [6.07, 6.45) is 1.27. The topological polar surface area (TPSA) is 64.8 Å². The molecule has 2 N–H and O–H groups in total. The van der Waals surface area contributed by atoms with Crippen molar-refractivity contribution in [1.29, 1.82) is 0 Å². The SMILES string of the molecule is CCC(N)(CC)COC(C)C(=O)N1CCOCC1. The summed E-state index contributed by atoms with van der Waals surface area (Å²) >= 11 is 0. The molecular weight excluding hydrogens is 232 g/mol. The molecular formula is C13H26N2O3. The van der Waals surface area contributed by atoms with Crippen molar-refractivity contribution in [3.8, 4) is 0 Å². The largest absolute Gasteiger partial charge is 0.378 e. The first-order chi connectivity index (χ1) is 8.52. The first-order valence-electron chi connectivity index (χ1n) is 6.79. The van der Waals surface area contributed by atoms with Gasteiger partial charge in [-0.15, -0.1) is 0 Å². The third-order valence-electron chi connectivity index (χ3n) is 3.70. The third-order valence-corrected chi connectivity index (χ3v) is 3.70. The van der Waals surface area contributed by atoms with E-state index in [1.54, 1.807) is 11.8 Å². The van der Waals surface area contributed by atoms with Crippen molar-refractivity contribution in [2.75, 3.05) is 32.9 Å². The molecule has 1 amide bonds. The summed E-state index contributed by atoms with van der Waals surface area (Å²) in [5.41, 5.74) is 5.83. The van der Waals surface area contributed by atoms with E-state index < -0.39 is 6.10 Å². The van der Waals surface area contributed by atoms with Gasteiger partial charge in [0.05, 0.1) is 19.8 Å². The number of morpholine rings is 1. The van der Waals surface area contributed by atoms with Gasteiger partial charge in [-0.25, -0.2) is 0 Å². The Bertz CT molecular complexity index is 261. The number of ether oxygens (including phenoxy) is 2. The Morgan fingerprint density at radius 3 is 2.44 bits per heavy atom. The average molecular weight is 258 g/mol. The van der Waals surface area contributed by atoms with Gasteiger partial charge in [0, 0.05) is 18.6 Å². The number of rotatable bonds is 6. The summed E-state index contributed by atoms with van der Waals surface area (Å²) in [4.78, 5) is 13.9. The molecule has 0 aliphatic carbocycles. The quantitative estimate of drug-likeness (QED) is 0.764. The maximum Gasteiger partial charge on any atom is 0.251 e. The van der Waals surface area contributed by atoms with Gasteiger partial charge in [0.2, 0.25) is 0 Å². The first-order valence-corrected chi connectivity index (χ1v) is 6.79. The van der Waals surface area contributed by atoms with Crippen LogP contribution in [0.2, 0.25) is 0 Å². The molecule has 0 aromatic heterocycles. The van der Waals surface area contributed by atoms with Crippen LogP contribution in [-0.4, -0.2) is 55.4 Å². The van der Waals surface area contributed by atoms with Crippen LogP contribution >= 0.6 is 0 Å². The van der Waals surface area contributed by atoms with E-state index in [-0.39, 0.29) is 11.4 Å². The van der Waals surface area contributed by atoms with Crippen LogP contribution in [0.3, 0.4) is 0 Å². The van der Waals surface area contributed by atoms with E-state index >= 15 is 0 Å². The fourth-order valence-electron chi connectivity index (χ4n) is 1.86. The fourth-order valence-corrected chi connectivity index (χ4v) is 1.86. The lowest BCUT2D eigenvalue weighted by atomic mass is 9.95. The number of carbonyl (C=O) groups excluding carboxylic acids is 1. The van der Waals surface area contributed by atoms with Crippen molar-refractivity contribution in [2.45, 2.75) is 45.3 Å². The van der Waals surface area contributed by atoms with Gasteiger partial charge in [0.25, 0.3) is 5.91 Å². The molecule has 0 aromatic carbocycles. The Kier molecular flexibility index (Phi) is 6.05. The van der Waals surface area contributed by atoms with Crippen molar-refractivity contribution in [1.82, 2.24) is 4.90 Å². The lowest BCUT2D eigenvalue weighted by Gasteiger charge is -2.31. The van der Waals surface area contributed by atoms with Crippen LogP contribution in [0.4, 0.5) is 0 Å². The highest BCUT2D eigenvalue weighted by Crippen LogP contribution is 2.13. The Hall–Kier alpha value is -0.650. The van der Waals surface area contributed by atoms with Crippen LogP contribution in [0.1, 0.15) is 33.6 Å². The number of amides is 1. The summed E-state index contributed by atoms with van der Waals surface area (Å²) in [5.74, 6) is 0.0351. The minimum Gasteiger partial charge on any atom is -0.378 e. The third kappa shape index (κ3) is 4.23. The average Bonchev–Trinajstić information content (AvgIpc) is 2.44. The van der Waals surface area contributed by atoms with Gasteiger partial charge in [-0.1, -0.05) is 13.8 Å². The highest BCUT2D eigenvalue weighted by molar-refractivity contribution is 5.80. The minimum atomic E-state index is -0.427. The number of hydrogen-bond acceptors (Lipinski definition) is 4. The summed E-state index contributed by atoms with van der Waals surface area (Å²) in [5, 5.41) is 0. The van der Waals surface area contributed by atoms with Crippen LogP contribution in [0.25, 0.3) is 0 Å². The Balaban J connectivity index is 2.39. The van der Waals surface area contributed by atoms with Crippen LogP contribution < -0.4 is 5.73 Å². The van der Waals surface area contributed by atoms with Crippen molar-refractivity contribution >= 4 is 5.91 Å². The van der Waals surface area contributed by atoms with Gasteiger partial charge in [-0.2, -0.15) is 0 Å². The predicted octanol–water partition coefficient (Wildman–Crippen LogP) is 0.768. The fraction of sp³-hybridized carbons (Fsp3) is 0.923. The second-order valence-electron chi connectivity index (χ2n) is 4.96. The summed E-state index contributed by atoms with van der Waals surface area (Å²) in [7, 11) is 0. The minimum absolute atomic E-state index is 0.0351. The van der Waals surface area contributed by atoms with Crippen LogP contribution in [-0.2, 0) is 14.3 Å². The molecule has 0 spiro atoms. The zero-order chi connectivity index (χ0) is 13.6. The van der Waals surface area contributed by atoms with Gasteiger partial charge >= 0.3 is 0 Å². The molecule has 0 radical (unpaired) electrons. The molecule has 1 rings (SSSR count). The standard InChI is InChI=1S/C13H26N2O3/c1-4-13(14,5-2)10-18-11(3)12(16)15-6-8-17-9-7-15/h11H,4-10,14H2,1-3H3. The molecule has 1 heterocycles. The number of hydrogen-bond donors (Lipinski definition) is 1. The van der Waals surface area contributed by atoms with E-state index in [2.05, 4.69) is 0 Å². The Morgan fingerprint density at radius 2 is 1.94 bits per heavy atom. The molecule has 0 saturated carbocycles. The molecule has 1 aliphatic rings. The van der Waals surface area contributed by atoms with Crippen molar-refractivity contribution in [3.05, 3.63) is 0 Å². The maximum absolute atomic E-state index is 12.1. The molecule has 1 saturated heterocycles. The predicted molar refractivity (Wildman–Crippen MR) is 70.3 cm³/mol. The molecule has 18 heavy (non-hydrogen) atoms. The van der Waals surface area contributed by atoms with Crippen molar-refractivity contribution in [3.63, 3.8) is 0 Å². The van der Waals surface area contributed by atoms with Crippen LogP contribution in [0.15, 0.2) is 0 Å². The van der Waals surface area contributed by atoms with E-state index in [9.17, 15) is 4.79 Å². The van der Waals surface area contributed by atoms with E-state index in [0.29, 0.717) is 32.9 Å². The normalized spacial score (nSPS) is 18.8. The zero-order valence-corrected chi connectivity index (χ0v) is 11.8. The number of nitrogens with two attached hydrogens (primary N) is 1. The second-order valence-corrected chi connectivity index (χ2v) is 4.96. The number of carbonyl (C=O) groups is 1. The summed E-state index contributed by atoms with van der Waals surface area (Å²) in [6.45, 7) is 8.85. The molecule has 0 aromatic rings. The maximum atomic E-state index is 12.1. The lowest BCUT2D eigenvalue weighted by Crippen LogP contribution is -2.48. The zero-order valence-electron chi connectivity index (χ0n) is 11.8. The summed E-state index contributed by atoms with van der Waals surface area (Å²) < 4.78 is 10.9. The molecule has 0 bridgehead atoms. The molecule has 5 heteroatoms. The van der Waals surface area contributed by atoms with Crippen molar-refractivity contribution < 1.29 is 14.3 Å². The highest BCUT2D eigenvalue weighted by Gasteiger charge is 2.26. The van der Waals surface area contributed by atoms with Gasteiger partial charge in [0.1, 0.15) is 6.10 Å². The van der Waals surface area contributed by atoms with Gasteiger partial charge in [-0.3, -0.25) is 4.79 Å². The molecule has 1 aliphatic heterocycles. The van der Waals surface area contributed by atoms with Crippen LogP contribution in [0.5, 0.6) is 0 Å². The highest BCUT2D eigenvalue weighted by atomic mass is 16.5. The molecule has 5 nitrogen and oxygen atoms in total. The smallest absolute Gasteiger partial charge is 0.251 e. The summed E-state index contributed by atoms with van der Waals surface area (Å²) in [6, 6.07) is 0. The van der Waals surface area contributed by atoms with Gasteiger partial charge in [0.15, 0.2) is 0 Å². The van der Waals surface area contributed by atoms with E-state index in [1.165, 1.54) is 0 Å². The number of nitrogens with zero attached hydrogens (tertiary/aromatic N) is 1. The monoisotopic (exact) mass is 258 g/mol. The van der Waals surface area contributed by atoms with E-state index in [0.717, 1.165) is 12.8 Å². The van der Waals surface area contributed by atoms with E-state index in [4.69, 9.17) is 15.2 Å². The van der Waals surface area contributed by atoms with Gasteiger partial charge in [-0.05, 0) is 19.8 Å². The molecule has 1 atom stereocenters. The molecule has 1 unspecified atom stereocenters. The first kappa shape index (κ1) is 15.4. The second kappa shape index (κ2) is 7.07. The lowest BCUT2D eigenvalue weighted by molar-refractivity contribution is -0.147. The molecule has 106 valence electrons. The Labute approximate surface area is 110 Å². The van der Waals surface area contributed by atoms with E-state index in [1.807, 2.05) is 13.8 Å².